The Bertz CT molecular complexity index is 655. The molecule has 0 aromatic heterocycles. The zero-order valence-corrected chi connectivity index (χ0v) is 16.3. The molecule has 0 saturated heterocycles. The number of benzene rings is 1. The van der Waals surface area contributed by atoms with Crippen LogP contribution in [0.5, 0.6) is 0 Å². The molecule has 0 N–H and O–H groups in total. The van der Waals surface area contributed by atoms with Gasteiger partial charge in [-0.15, -0.1) is 0 Å². The number of unbranched alkanes of at least 4 members (excludes halogenated alkanes) is 2. The van der Waals surface area contributed by atoms with E-state index >= 15 is 0 Å². The zero-order valence-electron chi connectivity index (χ0n) is 16.3. The van der Waals surface area contributed by atoms with Crippen molar-refractivity contribution >= 4 is 5.57 Å². The Morgan fingerprint density at radius 1 is 1.08 bits per heavy atom. The third-order valence-electron chi connectivity index (χ3n) is 6.69. The Labute approximate surface area is 159 Å². The van der Waals surface area contributed by atoms with Crippen LogP contribution in [0, 0.1) is 28.6 Å². The standard InChI is InChI=1S/C25H33N/c1-2-3-5-8-21-11-13-24(14-12-21)25(19-20-26)17-15-23(16-18-25)22-9-6-4-7-10-22/h4,6-7,9-10,15-17,21,24H,2-3,5,8,11-14,18-19H2,1H3/t21-,24-,25?. The second-order valence-corrected chi connectivity index (χ2v) is 8.34. The first-order valence-electron chi connectivity index (χ1n) is 10.6. The van der Waals surface area contributed by atoms with Gasteiger partial charge >= 0.3 is 0 Å². The fraction of sp³-hybridized carbons (Fsp3) is 0.560. The summed E-state index contributed by atoms with van der Waals surface area (Å²) < 4.78 is 0. The molecule has 3 rings (SSSR count). The largest absolute Gasteiger partial charge is 0.198 e. The van der Waals surface area contributed by atoms with Crippen LogP contribution < -0.4 is 0 Å². The van der Waals surface area contributed by atoms with Crippen molar-refractivity contribution < 1.29 is 0 Å². The van der Waals surface area contributed by atoms with Crippen LogP contribution in [0.2, 0.25) is 0 Å². The Kier molecular flexibility index (Phi) is 6.73. The van der Waals surface area contributed by atoms with Crippen LogP contribution in [0.15, 0.2) is 48.6 Å². The van der Waals surface area contributed by atoms with Gasteiger partial charge in [0.25, 0.3) is 0 Å². The Hall–Kier alpha value is -1.81. The Balaban J connectivity index is 1.63. The average Bonchev–Trinajstić information content (AvgIpc) is 2.70. The molecule has 1 aromatic carbocycles. The van der Waals surface area contributed by atoms with E-state index in [0.717, 1.165) is 12.3 Å². The molecule has 0 bridgehead atoms. The molecule has 1 heteroatoms. The highest BCUT2D eigenvalue weighted by atomic mass is 14.4. The maximum absolute atomic E-state index is 9.49. The van der Waals surface area contributed by atoms with Gasteiger partial charge in [0.2, 0.25) is 0 Å². The molecule has 0 amide bonds. The number of rotatable bonds is 7. The highest BCUT2D eigenvalue weighted by Gasteiger charge is 2.39. The second kappa shape index (κ2) is 9.22. The molecule has 0 radical (unpaired) electrons. The number of allylic oxidation sites excluding steroid dienone is 4. The first-order valence-corrected chi connectivity index (χ1v) is 10.6. The van der Waals surface area contributed by atoms with E-state index in [-0.39, 0.29) is 5.41 Å². The number of nitrogens with zero attached hydrogens (tertiary/aromatic N) is 1. The van der Waals surface area contributed by atoms with Crippen LogP contribution in [0.25, 0.3) is 5.57 Å². The third kappa shape index (κ3) is 4.47. The molecule has 0 heterocycles. The predicted octanol–water partition coefficient (Wildman–Crippen LogP) is 7.32. The molecule has 1 unspecified atom stereocenters. The van der Waals surface area contributed by atoms with Gasteiger partial charge in [0.15, 0.2) is 0 Å². The lowest BCUT2D eigenvalue weighted by molar-refractivity contribution is 0.142. The van der Waals surface area contributed by atoms with Crippen LogP contribution in [-0.4, -0.2) is 0 Å². The van der Waals surface area contributed by atoms with Crippen molar-refractivity contribution in [1.82, 2.24) is 0 Å². The van der Waals surface area contributed by atoms with Gasteiger partial charge in [0.1, 0.15) is 0 Å². The smallest absolute Gasteiger partial charge is 0.0631 e. The van der Waals surface area contributed by atoms with Crippen molar-refractivity contribution in [3.8, 4) is 6.07 Å². The van der Waals surface area contributed by atoms with E-state index < -0.39 is 0 Å². The molecule has 0 aliphatic heterocycles. The van der Waals surface area contributed by atoms with Gasteiger partial charge in [-0.2, -0.15) is 5.26 Å². The van der Waals surface area contributed by atoms with Crippen LogP contribution in [0.1, 0.15) is 76.7 Å². The van der Waals surface area contributed by atoms with E-state index in [2.05, 4.69) is 61.6 Å². The van der Waals surface area contributed by atoms with E-state index in [1.807, 2.05) is 0 Å². The Morgan fingerprint density at radius 3 is 2.46 bits per heavy atom. The van der Waals surface area contributed by atoms with E-state index in [1.54, 1.807) is 0 Å². The lowest BCUT2D eigenvalue weighted by Gasteiger charge is -2.42. The minimum absolute atomic E-state index is 0.0709. The molecule has 1 fully saturated rings. The maximum atomic E-state index is 9.49. The second-order valence-electron chi connectivity index (χ2n) is 8.34. The molecule has 1 nitrogen and oxygen atoms in total. The van der Waals surface area contributed by atoms with Crippen LogP contribution in [-0.2, 0) is 0 Å². The SMILES string of the molecule is CCCCC[C@H]1CC[C@H](C2(CC#N)C=CC(c3ccccc3)=CC2)CC1. The van der Waals surface area contributed by atoms with Gasteiger partial charge in [-0.25, -0.2) is 0 Å². The quantitative estimate of drug-likeness (QED) is 0.474. The van der Waals surface area contributed by atoms with E-state index in [0.29, 0.717) is 12.3 Å². The zero-order chi connectivity index (χ0) is 18.2. The van der Waals surface area contributed by atoms with E-state index in [1.165, 1.54) is 62.5 Å². The summed E-state index contributed by atoms with van der Waals surface area (Å²) in [5.74, 6) is 1.61. The molecule has 138 valence electrons. The average molecular weight is 348 g/mol. The minimum Gasteiger partial charge on any atom is -0.198 e. The number of hydrogen-bond acceptors (Lipinski definition) is 1. The van der Waals surface area contributed by atoms with Crippen molar-refractivity contribution in [1.29, 1.82) is 5.26 Å². The summed E-state index contributed by atoms with van der Waals surface area (Å²) in [6.45, 7) is 2.29. The van der Waals surface area contributed by atoms with E-state index in [9.17, 15) is 5.26 Å². The highest BCUT2D eigenvalue weighted by molar-refractivity contribution is 5.75. The van der Waals surface area contributed by atoms with Crippen molar-refractivity contribution in [3.05, 3.63) is 54.1 Å². The fourth-order valence-corrected chi connectivity index (χ4v) is 4.97. The number of nitriles is 1. The van der Waals surface area contributed by atoms with Crippen molar-refractivity contribution in [2.45, 2.75) is 71.1 Å². The first kappa shape index (κ1) is 19.0. The topological polar surface area (TPSA) is 23.8 Å². The Morgan fingerprint density at radius 2 is 1.85 bits per heavy atom. The van der Waals surface area contributed by atoms with E-state index in [4.69, 9.17) is 0 Å². The lowest BCUT2D eigenvalue weighted by Crippen LogP contribution is -2.32. The maximum Gasteiger partial charge on any atom is 0.0631 e. The summed E-state index contributed by atoms with van der Waals surface area (Å²) in [4.78, 5) is 0. The summed E-state index contributed by atoms with van der Waals surface area (Å²) >= 11 is 0. The van der Waals surface area contributed by atoms with Crippen molar-refractivity contribution in [2.24, 2.45) is 17.3 Å². The van der Waals surface area contributed by atoms with Crippen molar-refractivity contribution in [3.63, 3.8) is 0 Å². The normalized spacial score (nSPS) is 28.4. The predicted molar refractivity (Wildman–Crippen MR) is 110 cm³/mol. The summed E-state index contributed by atoms with van der Waals surface area (Å²) in [7, 11) is 0. The molecule has 1 aromatic rings. The summed E-state index contributed by atoms with van der Waals surface area (Å²) in [6.07, 6.45) is 19.6. The minimum atomic E-state index is 0.0709. The molecule has 0 spiro atoms. The van der Waals surface area contributed by atoms with Gasteiger partial charge in [0, 0.05) is 11.8 Å². The van der Waals surface area contributed by atoms with Gasteiger partial charge in [0.05, 0.1) is 6.07 Å². The van der Waals surface area contributed by atoms with Gasteiger partial charge < -0.3 is 0 Å². The molecular weight excluding hydrogens is 314 g/mol. The monoisotopic (exact) mass is 347 g/mol. The van der Waals surface area contributed by atoms with Crippen LogP contribution in [0.4, 0.5) is 0 Å². The molecule has 1 atom stereocenters. The van der Waals surface area contributed by atoms with Crippen LogP contribution in [0.3, 0.4) is 0 Å². The van der Waals surface area contributed by atoms with Gasteiger partial charge in [-0.3, -0.25) is 0 Å². The third-order valence-corrected chi connectivity index (χ3v) is 6.69. The molecule has 2 aliphatic rings. The summed E-state index contributed by atoms with van der Waals surface area (Å²) in [5, 5.41) is 9.49. The van der Waals surface area contributed by atoms with Crippen LogP contribution >= 0.6 is 0 Å². The first-order chi connectivity index (χ1) is 12.8. The fourth-order valence-electron chi connectivity index (χ4n) is 4.97. The van der Waals surface area contributed by atoms with Gasteiger partial charge in [-0.1, -0.05) is 94.0 Å². The lowest BCUT2D eigenvalue weighted by atomic mass is 9.62. The highest BCUT2D eigenvalue weighted by Crippen LogP contribution is 2.49. The van der Waals surface area contributed by atoms with Gasteiger partial charge in [-0.05, 0) is 42.2 Å². The number of hydrogen-bond donors (Lipinski definition) is 0. The molecular formula is C25H33N. The molecule has 1 saturated carbocycles. The molecule has 2 aliphatic carbocycles. The summed E-state index contributed by atoms with van der Waals surface area (Å²) in [6, 6.07) is 13.1. The summed E-state index contributed by atoms with van der Waals surface area (Å²) in [5.41, 5.74) is 2.67. The molecule has 26 heavy (non-hydrogen) atoms. The van der Waals surface area contributed by atoms with Crippen molar-refractivity contribution in [2.75, 3.05) is 0 Å².